The highest BCUT2D eigenvalue weighted by Gasteiger charge is 2.49. The third kappa shape index (κ3) is 2.73. The van der Waals surface area contributed by atoms with Crippen LogP contribution in [0.1, 0.15) is 60.8 Å². The highest BCUT2D eigenvalue weighted by atomic mass is 16.1. The molecule has 106 valence electrons. The van der Waals surface area contributed by atoms with E-state index in [4.69, 9.17) is 0 Å². The van der Waals surface area contributed by atoms with E-state index in [1.165, 1.54) is 12.8 Å². The minimum absolute atomic E-state index is 0.186. The SMILES string of the molecule is CCNC(=O)C1CC(C)CCC1(C(C)C)C(C)C. The number of carbonyl (C=O) groups excluding carboxylic acids is 1. The predicted molar refractivity (Wildman–Crippen MR) is 77.3 cm³/mol. The molecular weight excluding hydrogens is 222 g/mol. The lowest BCUT2D eigenvalue weighted by Gasteiger charge is -2.51. The summed E-state index contributed by atoms with van der Waals surface area (Å²) in [4.78, 5) is 12.5. The second-order valence-corrected chi connectivity index (χ2v) is 6.75. The average molecular weight is 253 g/mol. The average Bonchev–Trinajstić information content (AvgIpc) is 2.28. The van der Waals surface area contributed by atoms with Crippen LogP contribution >= 0.6 is 0 Å². The van der Waals surface area contributed by atoms with Gasteiger partial charge in [-0.25, -0.2) is 0 Å². The number of amides is 1. The zero-order valence-corrected chi connectivity index (χ0v) is 13.0. The molecule has 2 nitrogen and oxygen atoms in total. The zero-order chi connectivity index (χ0) is 13.9. The van der Waals surface area contributed by atoms with Crippen molar-refractivity contribution in [2.75, 3.05) is 6.54 Å². The Morgan fingerprint density at radius 3 is 2.28 bits per heavy atom. The van der Waals surface area contributed by atoms with Gasteiger partial charge in [0.25, 0.3) is 0 Å². The maximum absolute atomic E-state index is 12.5. The normalized spacial score (nSPS) is 27.6. The lowest BCUT2D eigenvalue weighted by Crippen LogP contribution is -2.51. The molecule has 0 heterocycles. The molecule has 0 aromatic rings. The molecule has 0 aliphatic heterocycles. The molecule has 1 saturated carbocycles. The monoisotopic (exact) mass is 253 g/mol. The Morgan fingerprint density at radius 1 is 1.28 bits per heavy atom. The van der Waals surface area contributed by atoms with Crippen molar-refractivity contribution in [3.63, 3.8) is 0 Å². The van der Waals surface area contributed by atoms with Crippen LogP contribution in [-0.2, 0) is 4.79 Å². The first-order chi connectivity index (χ1) is 8.36. The summed E-state index contributed by atoms with van der Waals surface area (Å²) in [6.07, 6.45) is 3.53. The van der Waals surface area contributed by atoms with E-state index in [1.807, 2.05) is 6.92 Å². The Hall–Kier alpha value is -0.530. The molecule has 2 heteroatoms. The van der Waals surface area contributed by atoms with Crippen molar-refractivity contribution in [2.24, 2.45) is 29.1 Å². The third-order valence-electron chi connectivity index (χ3n) is 5.17. The summed E-state index contributed by atoms with van der Waals surface area (Å²) in [6, 6.07) is 0. The van der Waals surface area contributed by atoms with E-state index in [0.717, 1.165) is 13.0 Å². The highest BCUT2D eigenvalue weighted by Crippen LogP contribution is 2.53. The quantitative estimate of drug-likeness (QED) is 0.810. The first-order valence-electron chi connectivity index (χ1n) is 7.63. The Balaban J connectivity index is 3.06. The Labute approximate surface area is 113 Å². The molecule has 0 radical (unpaired) electrons. The molecule has 18 heavy (non-hydrogen) atoms. The van der Waals surface area contributed by atoms with Gasteiger partial charge in [-0.2, -0.15) is 0 Å². The molecule has 2 unspecified atom stereocenters. The van der Waals surface area contributed by atoms with Gasteiger partial charge in [-0.15, -0.1) is 0 Å². The fourth-order valence-corrected chi connectivity index (χ4v) is 4.11. The van der Waals surface area contributed by atoms with Crippen molar-refractivity contribution in [1.82, 2.24) is 5.32 Å². The van der Waals surface area contributed by atoms with Crippen molar-refractivity contribution >= 4 is 5.91 Å². The molecule has 0 spiro atoms. The molecule has 1 rings (SSSR count). The standard InChI is InChI=1S/C16H31NO/c1-7-17-15(18)14-10-13(6)8-9-16(14,11(2)3)12(4)5/h11-14H,7-10H2,1-6H3,(H,17,18). The van der Waals surface area contributed by atoms with E-state index in [-0.39, 0.29) is 17.2 Å². The minimum atomic E-state index is 0.186. The summed E-state index contributed by atoms with van der Waals surface area (Å²) in [5.74, 6) is 2.30. The predicted octanol–water partition coefficient (Wildman–Crippen LogP) is 3.86. The zero-order valence-electron chi connectivity index (χ0n) is 13.0. The van der Waals surface area contributed by atoms with Gasteiger partial charge in [0.1, 0.15) is 0 Å². The Bertz CT molecular complexity index is 275. The number of hydrogen-bond acceptors (Lipinski definition) is 1. The topological polar surface area (TPSA) is 29.1 Å². The van der Waals surface area contributed by atoms with E-state index in [9.17, 15) is 4.79 Å². The van der Waals surface area contributed by atoms with Crippen molar-refractivity contribution in [2.45, 2.75) is 60.8 Å². The second-order valence-electron chi connectivity index (χ2n) is 6.75. The molecule has 0 bridgehead atoms. The lowest BCUT2D eigenvalue weighted by atomic mass is 9.53. The van der Waals surface area contributed by atoms with Gasteiger partial charge in [-0.1, -0.05) is 41.0 Å². The maximum atomic E-state index is 12.5. The fraction of sp³-hybridized carbons (Fsp3) is 0.938. The van der Waals surface area contributed by atoms with Gasteiger partial charge in [0.05, 0.1) is 0 Å². The van der Waals surface area contributed by atoms with Crippen LogP contribution in [0.4, 0.5) is 0 Å². The highest BCUT2D eigenvalue weighted by molar-refractivity contribution is 5.79. The molecular formula is C16H31NO. The van der Waals surface area contributed by atoms with Gasteiger partial charge in [0.15, 0.2) is 0 Å². The Kier molecular flexibility index (Phi) is 5.24. The molecule has 1 aliphatic rings. The van der Waals surface area contributed by atoms with Crippen LogP contribution in [0.2, 0.25) is 0 Å². The van der Waals surface area contributed by atoms with Crippen molar-refractivity contribution < 1.29 is 4.79 Å². The summed E-state index contributed by atoms with van der Waals surface area (Å²) >= 11 is 0. The number of rotatable bonds is 4. The fourth-order valence-electron chi connectivity index (χ4n) is 4.11. The van der Waals surface area contributed by atoms with E-state index in [1.54, 1.807) is 0 Å². The second kappa shape index (κ2) is 6.08. The smallest absolute Gasteiger partial charge is 0.223 e. The summed E-state index contributed by atoms with van der Waals surface area (Å²) in [5, 5.41) is 3.06. The molecule has 2 atom stereocenters. The van der Waals surface area contributed by atoms with E-state index in [0.29, 0.717) is 17.8 Å². The summed E-state index contributed by atoms with van der Waals surface area (Å²) in [7, 11) is 0. The first kappa shape index (κ1) is 15.5. The molecule has 1 amide bonds. The third-order valence-corrected chi connectivity index (χ3v) is 5.17. The van der Waals surface area contributed by atoms with Gasteiger partial charge in [0.2, 0.25) is 5.91 Å². The molecule has 0 aromatic carbocycles. The van der Waals surface area contributed by atoms with Crippen molar-refractivity contribution in [1.29, 1.82) is 0 Å². The van der Waals surface area contributed by atoms with Gasteiger partial charge < -0.3 is 5.32 Å². The van der Waals surface area contributed by atoms with Crippen LogP contribution in [0, 0.1) is 29.1 Å². The van der Waals surface area contributed by atoms with Gasteiger partial charge >= 0.3 is 0 Å². The molecule has 1 N–H and O–H groups in total. The number of hydrogen-bond donors (Lipinski definition) is 1. The van der Waals surface area contributed by atoms with Crippen LogP contribution in [0.5, 0.6) is 0 Å². The molecule has 0 saturated heterocycles. The van der Waals surface area contributed by atoms with E-state index in [2.05, 4.69) is 39.9 Å². The van der Waals surface area contributed by atoms with Crippen molar-refractivity contribution in [3.05, 3.63) is 0 Å². The molecule has 1 aliphatic carbocycles. The number of nitrogens with one attached hydrogen (secondary N) is 1. The van der Waals surface area contributed by atoms with Crippen LogP contribution < -0.4 is 5.32 Å². The molecule has 1 fully saturated rings. The summed E-state index contributed by atoms with van der Waals surface area (Å²) < 4.78 is 0. The van der Waals surface area contributed by atoms with E-state index < -0.39 is 0 Å². The summed E-state index contributed by atoms with van der Waals surface area (Å²) in [5.41, 5.74) is 0.186. The summed E-state index contributed by atoms with van der Waals surface area (Å²) in [6.45, 7) is 14.2. The van der Waals surface area contributed by atoms with Crippen LogP contribution in [0.25, 0.3) is 0 Å². The lowest BCUT2D eigenvalue weighted by molar-refractivity contribution is -0.138. The van der Waals surface area contributed by atoms with Crippen molar-refractivity contribution in [3.8, 4) is 0 Å². The van der Waals surface area contributed by atoms with Gasteiger partial charge in [0, 0.05) is 12.5 Å². The minimum Gasteiger partial charge on any atom is -0.356 e. The molecule has 0 aromatic heterocycles. The van der Waals surface area contributed by atoms with Crippen LogP contribution in [-0.4, -0.2) is 12.5 Å². The number of carbonyl (C=O) groups is 1. The van der Waals surface area contributed by atoms with Crippen LogP contribution in [0.15, 0.2) is 0 Å². The Morgan fingerprint density at radius 2 is 1.83 bits per heavy atom. The van der Waals surface area contributed by atoms with E-state index >= 15 is 0 Å². The maximum Gasteiger partial charge on any atom is 0.223 e. The first-order valence-corrected chi connectivity index (χ1v) is 7.63. The van der Waals surface area contributed by atoms with Crippen LogP contribution in [0.3, 0.4) is 0 Å². The van der Waals surface area contributed by atoms with Gasteiger partial charge in [-0.3, -0.25) is 4.79 Å². The van der Waals surface area contributed by atoms with Gasteiger partial charge in [-0.05, 0) is 42.9 Å². The largest absolute Gasteiger partial charge is 0.356 e.